The van der Waals surface area contributed by atoms with Crippen LogP contribution in [0.15, 0.2) is 46.8 Å². The van der Waals surface area contributed by atoms with Crippen molar-refractivity contribution in [1.82, 2.24) is 16.0 Å². The number of nitrogens with zero attached hydrogens (tertiary/aromatic N) is 1. The van der Waals surface area contributed by atoms with Crippen molar-refractivity contribution in [3.63, 3.8) is 0 Å². The molecule has 136 valence electrons. The van der Waals surface area contributed by atoms with E-state index in [1.165, 1.54) is 4.88 Å². The molecule has 0 radical (unpaired) electrons. The van der Waals surface area contributed by atoms with Gasteiger partial charge in [0.25, 0.3) is 5.91 Å². The number of carbonyl (C=O) groups excluding carboxylic acids is 1. The third kappa shape index (κ3) is 7.43. The first-order chi connectivity index (χ1) is 11.7. The second-order valence-electron chi connectivity index (χ2n) is 5.23. The van der Waals surface area contributed by atoms with Gasteiger partial charge in [-0.15, -0.1) is 35.3 Å². The molecule has 0 atom stereocenters. The van der Waals surface area contributed by atoms with Crippen LogP contribution < -0.4 is 16.0 Å². The molecule has 0 saturated carbocycles. The van der Waals surface area contributed by atoms with E-state index in [0.29, 0.717) is 12.1 Å². The Morgan fingerprint density at radius 3 is 2.72 bits per heavy atom. The van der Waals surface area contributed by atoms with Crippen molar-refractivity contribution in [2.24, 2.45) is 4.99 Å². The third-order valence-corrected chi connectivity index (χ3v) is 4.36. The molecule has 1 heterocycles. The summed E-state index contributed by atoms with van der Waals surface area (Å²) < 4.78 is 0. The van der Waals surface area contributed by atoms with Crippen LogP contribution in [0.3, 0.4) is 0 Å². The number of halogens is 1. The number of aliphatic imine (C=N–C) groups is 1. The molecule has 0 fully saturated rings. The van der Waals surface area contributed by atoms with Gasteiger partial charge in [-0.3, -0.25) is 4.79 Å². The molecule has 1 aromatic heterocycles. The average Bonchev–Trinajstić information content (AvgIpc) is 3.12. The summed E-state index contributed by atoms with van der Waals surface area (Å²) in [4.78, 5) is 17.6. The minimum atomic E-state index is -0.0817. The lowest BCUT2D eigenvalue weighted by Gasteiger charge is -2.11. The summed E-state index contributed by atoms with van der Waals surface area (Å²) in [6, 6.07) is 11.7. The zero-order chi connectivity index (χ0) is 17.2. The van der Waals surface area contributed by atoms with E-state index in [4.69, 9.17) is 0 Å². The first-order valence-electron chi connectivity index (χ1n) is 8.08. The van der Waals surface area contributed by atoms with Crippen LogP contribution in [-0.4, -0.2) is 32.0 Å². The Labute approximate surface area is 170 Å². The number of rotatable bonds is 7. The Morgan fingerprint density at radius 1 is 1.20 bits per heavy atom. The van der Waals surface area contributed by atoms with Crippen molar-refractivity contribution in [3.8, 4) is 0 Å². The summed E-state index contributed by atoms with van der Waals surface area (Å²) in [6.45, 7) is 4.22. The third-order valence-electron chi connectivity index (χ3n) is 3.42. The zero-order valence-corrected chi connectivity index (χ0v) is 17.7. The molecule has 1 aromatic carbocycles. The molecule has 0 aliphatic heterocycles. The first kappa shape index (κ1) is 21.4. The monoisotopic (exact) mass is 472 g/mol. The van der Waals surface area contributed by atoms with E-state index >= 15 is 0 Å². The number of thiophene rings is 1. The molecule has 0 unspecified atom stereocenters. The molecular formula is C18H25IN4OS. The van der Waals surface area contributed by atoms with Crippen molar-refractivity contribution in [2.75, 3.05) is 20.1 Å². The van der Waals surface area contributed by atoms with E-state index in [2.05, 4.69) is 38.5 Å². The van der Waals surface area contributed by atoms with Crippen LogP contribution in [0.25, 0.3) is 0 Å². The van der Waals surface area contributed by atoms with E-state index < -0.39 is 0 Å². The molecule has 0 aliphatic carbocycles. The lowest BCUT2D eigenvalue weighted by Crippen LogP contribution is -2.38. The minimum absolute atomic E-state index is 0. The van der Waals surface area contributed by atoms with Crippen molar-refractivity contribution in [1.29, 1.82) is 0 Å². The number of carbonyl (C=O) groups is 1. The largest absolute Gasteiger partial charge is 0.357 e. The predicted octanol–water partition coefficient (Wildman–Crippen LogP) is 3.02. The van der Waals surface area contributed by atoms with Gasteiger partial charge in [0.15, 0.2) is 5.96 Å². The normalized spacial score (nSPS) is 10.7. The Kier molecular flexibility index (Phi) is 10.2. The van der Waals surface area contributed by atoms with Crippen LogP contribution in [0.5, 0.6) is 0 Å². The predicted molar refractivity (Wildman–Crippen MR) is 116 cm³/mol. The maximum absolute atomic E-state index is 11.7. The molecule has 2 rings (SSSR count). The molecule has 0 bridgehead atoms. The molecule has 5 nitrogen and oxygen atoms in total. The highest BCUT2D eigenvalue weighted by Crippen LogP contribution is 2.08. The van der Waals surface area contributed by atoms with Crippen LogP contribution in [-0.2, 0) is 13.0 Å². The highest BCUT2D eigenvalue weighted by Gasteiger charge is 2.04. The first-order valence-corrected chi connectivity index (χ1v) is 8.96. The fourth-order valence-corrected chi connectivity index (χ4v) is 2.94. The van der Waals surface area contributed by atoms with Crippen molar-refractivity contribution in [3.05, 3.63) is 57.8 Å². The number of hydrogen-bond donors (Lipinski definition) is 3. The van der Waals surface area contributed by atoms with Gasteiger partial charge in [-0.25, -0.2) is 4.99 Å². The fourth-order valence-electron chi connectivity index (χ4n) is 2.23. The van der Waals surface area contributed by atoms with Gasteiger partial charge in [0, 0.05) is 30.6 Å². The summed E-state index contributed by atoms with van der Waals surface area (Å²) in [5, 5.41) is 11.3. The highest BCUT2D eigenvalue weighted by molar-refractivity contribution is 14.0. The van der Waals surface area contributed by atoms with Gasteiger partial charge in [0.2, 0.25) is 0 Å². The SMILES string of the molecule is CCNC(=NCc1cccc(C(=O)NC)c1)NCCc1cccs1.I. The van der Waals surface area contributed by atoms with Crippen LogP contribution in [0.4, 0.5) is 0 Å². The molecule has 0 spiro atoms. The number of amides is 1. The molecule has 3 N–H and O–H groups in total. The standard InChI is InChI=1S/C18H24N4OS.HI/c1-3-20-18(21-10-9-16-8-5-11-24-16)22-13-14-6-4-7-15(12-14)17(23)19-2;/h4-8,11-12H,3,9-10,13H2,1-2H3,(H,19,23)(H2,20,21,22);1H. The number of nitrogens with one attached hydrogen (secondary N) is 3. The summed E-state index contributed by atoms with van der Waals surface area (Å²) in [7, 11) is 1.63. The van der Waals surface area contributed by atoms with Gasteiger partial charge in [0.05, 0.1) is 6.54 Å². The molecule has 1 amide bonds. The highest BCUT2D eigenvalue weighted by atomic mass is 127. The topological polar surface area (TPSA) is 65.5 Å². The van der Waals surface area contributed by atoms with Crippen molar-refractivity contribution >= 4 is 47.2 Å². The Morgan fingerprint density at radius 2 is 2.04 bits per heavy atom. The Hall–Kier alpha value is -1.61. The number of guanidine groups is 1. The van der Waals surface area contributed by atoms with Crippen LogP contribution in [0.1, 0.15) is 27.7 Å². The van der Waals surface area contributed by atoms with Crippen LogP contribution in [0, 0.1) is 0 Å². The van der Waals surface area contributed by atoms with Crippen LogP contribution >= 0.6 is 35.3 Å². The van der Waals surface area contributed by atoms with Gasteiger partial charge in [-0.2, -0.15) is 0 Å². The minimum Gasteiger partial charge on any atom is -0.357 e. The van der Waals surface area contributed by atoms with Crippen molar-refractivity contribution in [2.45, 2.75) is 19.9 Å². The molecule has 0 aliphatic rings. The van der Waals surface area contributed by atoms with E-state index in [9.17, 15) is 4.79 Å². The van der Waals surface area contributed by atoms with Gasteiger partial charge >= 0.3 is 0 Å². The molecule has 0 saturated heterocycles. The van der Waals surface area contributed by atoms with Gasteiger partial charge in [0.1, 0.15) is 0 Å². The van der Waals surface area contributed by atoms with E-state index in [0.717, 1.165) is 31.0 Å². The lowest BCUT2D eigenvalue weighted by molar-refractivity contribution is 0.0963. The van der Waals surface area contributed by atoms with E-state index in [1.807, 2.05) is 25.1 Å². The Bertz CT molecular complexity index is 673. The van der Waals surface area contributed by atoms with Gasteiger partial charge in [-0.05, 0) is 42.5 Å². The second-order valence-corrected chi connectivity index (χ2v) is 6.26. The lowest BCUT2D eigenvalue weighted by atomic mass is 10.1. The Balaban J connectivity index is 0.00000312. The summed E-state index contributed by atoms with van der Waals surface area (Å²) in [5.41, 5.74) is 1.66. The fraction of sp³-hybridized carbons (Fsp3) is 0.333. The quantitative estimate of drug-likeness (QED) is 0.330. The van der Waals surface area contributed by atoms with E-state index in [1.54, 1.807) is 24.5 Å². The smallest absolute Gasteiger partial charge is 0.251 e. The maximum Gasteiger partial charge on any atom is 0.251 e. The number of benzene rings is 1. The zero-order valence-electron chi connectivity index (χ0n) is 14.5. The molecule has 2 aromatic rings. The molecule has 25 heavy (non-hydrogen) atoms. The summed E-state index contributed by atoms with van der Waals surface area (Å²) in [6.07, 6.45) is 0.980. The second kappa shape index (κ2) is 11.9. The average molecular weight is 472 g/mol. The molecule has 7 heteroatoms. The van der Waals surface area contributed by atoms with Crippen molar-refractivity contribution < 1.29 is 4.79 Å². The summed E-state index contributed by atoms with van der Waals surface area (Å²) in [5.74, 6) is 0.709. The maximum atomic E-state index is 11.7. The van der Waals surface area contributed by atoms with Gasteiger partial charge < -0.3 is 16.0 Å². The summed E-state index contributed by atoms with van der Waals surface area (Å²) >= 11 is 1.77. The van der Waals surface area contributed by atoms with Crippen LogP contribution in [0.2, 0.25) is 0 Å². The van der Waals surface area contributed by atoms with Gasteiger partial charge in [-0.1, -0.05) is 18.2 Å². The molecular weight excluding hydrogens is 447 g/mol. The number of hydrogen-bond acceptors (Lipinski definition) is 3. The van der Waals surface area contributed by atoms with E-state index in [-0.39, 0.29) is 29.9 Å².